The van der Waals surface area contributed by atoms with Crippen molar-refractivity contribution in [3.63, 3.8) is 0 Å². The molecule has 1 heterocycles. The summed E-state index contributed by atoms with van der Waals surface area (Å²) in [4.78, 5) is 0. The molecule has 0 amide bonds. The van der Waals surface area contributed by atoms with Crippen molar-refractivity contribution in [1.82, 2.24) is 15.5 Å². The lowest BCUT2D eigenvalue weighted by molar-refractivity contribution is 0.384. The fraction of sp³-hybridized carbons (Fsp3) is 0.385. The van der Waals surface area contributed by atoms with Gasteiger partial charge in [-0.2, -0.15) is 0 Å². The van der Waals surface area contributed by atoms with Crippen LogP contribution >= 0.6 is 34.2 Å². The van der Waals surface area contributed by atoms with E-state index in [-0.39, 0.29) is 5.54 Å². The van der Waals surface area contributed by atoms with Crippen molar-refractivity contribution in [3.8, 4) is 0 Å². The van der Waals surface area contributed by atoms with E-state index in [0.717, 1.165) is 9.26 Å². The van der Waals surface area contributed by atoms with E-state index in [1.807, 2.05) is 18.2 Å². The van der Waals surface area contributed by atoms with Gasteiger partial charge in [0.1, 0.15) is 0 Å². The minimum Gasteiger partial charge on any atom is -0.406 e. The van der Waals surface area contributed by atoms with E-state index >= 15 is 0 Å². The van der Waals surface area contributed by atoms with Gasteiger partial charge < -0.3 is 15.1 Å². The van der Waals surface area contributed by atoms with E-state index in [0.29, 0.717) is 23.5 Å². The zero-order valence-electron chi connectivity index (χ0n) is 11.5. The summed E-state index contributed by atoms with van der Waals surface area (Å²) in [6, 6.07) is 5.92. The number of benzene rings is 1. The highest BCUT2D eigenvalue weighted by Gasteiger charge is 2.12. The minimum atomic E-state index is 0.00756. The van der Waals surface area contributed by atoms with E-state index in [1.54, 1.807) is 0 Å². The lowest BCUT2D eigenvalue weighted by Gasteiger charge is -2.18. The SMILES string of the molecule is CC(C)(C)NCc1nnc(Nc2ccc(Cl)cc2I)o1. The van der Waals surface area contributed by atoms with Crippen molar-refractivity contribution < 1.29 is 4.42 Å². The first-order valence-electron chi connectivity index (χ1n) is 6.13. The molecule has 1 aromatic carbocycles. The number of aromatic nitrogens is 2. The Hall–Kier alpha value is -0.860. The first-order valence-corrected chi connectivity index (χ1v) is 7.59. The molecule has 0 saturated carbocycles. The van der Waals surface area contributed by atoms with Gasteiger partial charge in [0.25, 0.3) is 0 Å². The zero-order valence-corrected chi connectivity index (χ0v) is 14.4. The highest BCUT2D eigenvalue weighted by Crippen LogP contribution is 2.25. The Kier molecular flexibility index (Phi) is 4.87. The Morgan fingerprint density at radius 3 is 2.70 bits per heavy atom. The van der Waals surface area contributed by atoms with Crippen LogP contribution in [-0.2, 0) is 6.54 Å². The van der Waals surface area contributed by atoms with Gasteiger partial charge in [-0.1, -0.05) is 16.7 Å². The van der Waals surface area contributed by atoms with Crippen LogP contribution in [0.25, 0.3) is 0 Å². The predicted molar refractivity (Wildman–Crippen MR) is 88.3 cm³/mol. The first kappa shape index (κ1) is 15.5. The summed E-state index contributed by atoms with van der Waals surface area (Å²) in [5.41, 5.74) is 0.891. The van der Waals surface area contributed by atoms with Crippen molar-refractivity contribution in [1.29, 1.82) is 0 Å². The topological polar surface area (TPSA) is 63.0 Å². The number of halogens is 2. The third-order valence-electron chi connectivity index (χ3n) is 2.41. The van der Waals surface area contributed by atoms with Gasteiger partial charge in [0.2, 0.25) is 5.89 Å². The molecular formula is C13H16ClIN4O. The monoisotopic (exact) mass is 406 g/mol. The second-order valence-electron chi connectivity index (χ2n) is 5.35. The molecule has 0 aliphatic rings. The van der Waals surface area contributed by atoms with Crippen molar-refractivity contribution in [2.45, 2.75) is 32.9 Å². The number of hydrogen-bond acceptors (Lipinski definition) is 5. The van der Waals surface area contributed by atoms with E-state index in [4.69, 9.17) is 16.0 Å². The molecule has 0 atom stereocenters. The van der Waals surface area contributed by atoms with E-state index in [9.17, 15) is 0 Å². The van der Waals surface area contributed by atoms with E-state index in [2.05, 4.69) is 64.2 Å². The summed E-state index contributed by atoms with van der Waals surface area (Å²) >= 11 is 8.11. The Morgan fingerprint density at radius 2 is 2.05 bits per heavy atom. The van der Waals surface area contributed by atoms with Crippen LogP contribution in [0, 0.1) is 3.57 Å². The average Bonchev–Trinajstić information content (AvgIpc) is 2.77. The van der Waals surface area contributed by atoms with Gasteiger partial charge in [0.15, 0.2) is 0 Å². The highest BCUT2D eigenvalue weighted by atomic mass is 127. The van der Waals surface area contributed by atoms with Crippen LogP contribution in [0.4, 0.5) is 11.7 Å². The molecule has 0 aliphatic carbocycles. The summed E-state index contributed by atoms with van der Waals surface area (Å²) in [7, 11) is 0. The second-order valence-corrected chi connectivity index (χ2v) is 6.95. The van der Waals surface area contributed by atoms with Crippen LogP contribution in [0.5, 0.6) is 0 Å². The quantitative estimate of drug-likeness (QED) is 0.753. The molecule has 0 saturated heterocycles. The normalized spacial score (nSPS) is 11.7. The van der Waals surface area contributed by atoms with Crippen molar-refractivity contribution in [3.05, 3.63) is 32.7 Å². The molecule has 2 aromatic rings. The van der Waals surface area contributed by atoms with Crippen LogP contribution in [0.2, 0.25) is 5.02 Å². The van der Waals surface area contributed by atoms with E-state index < -0.39 is 0 Å². The molecule has 2 N–H and O–H groups in total. The van der Waals surface area contributed by atoms with Crippen LogP contribution in [-0.4, -0.2) is 15.7 Å². The number of nitrogens with one attached hydrogen (secondary N) is 2. The standard InChI is InChI=1S/C13H16ClIN4O/c1-13(2,3)16-7-11-18-19-12(20-11)17-10-5-4-8(14)6-9(10)15/h4-6,16H,7H2,1-3H3,(H,17,19). The van der Waals surface area contributed by atoms with Crippen molar-refractivity contribution in [2.75, 3.05) is 5.32 Å². The molecule has 0 fully saturated rings. The summed E-state index contributed by atoms with van der Waals surface area (Å²) in [5, 5.41) is 15.0. The number of nitrogens with zero attached hydrogens (tertiary/aromatic N) is 2. The third-order valence-corrected chi connectivity index (χ3v) is 3.54. The van der Waals surface area contributed by atoms with Gasteiger partial charge in [0, 0.05) is 14.1 Å². The second kappa shape index (κ2) is 6.28. The molecule has 0 radical (unpaired) electrons. The van der Waals surface area contributed by atoms with Gasteiger partial charge in [-0.05, 0) is 61.6 Å². The lowest BCUT2D eigenvalue weighted by atomic mass is 10.1. The largest absolute Gasteiger partial charge is 0.406 e. The number of rotatable bonds is 4. The minimum absolute atomic E-state index is 0.00756. The lowest BCUT2D eigenvalue weighted by Crippen LogP contribution is -2.35. The molecule has 0 bridgehead atoms. The molecule has 108 valence electrons. The summed E-state index contributed by atoms with van der Waals surface area (Å²) < 4.78 is 6.52. The fourth-order valence-electron chi connectivity index (χ4n) is 1.42. The Bertz CT molecular complexity index is 594. The molecule has 0 aliphatic heterocycles. The molecule has 7 heteroatoms. The molecule has 20 heavy (non-hydrogen) atoms. The van der Waals surface area contributed by atoms with Gasteiger partial charge in [0.05, 0.1) is 12.2 Å². The summed E-state index contributed by atoms with van der Waals surface area (Å²) in [6.45, 7) is 6.78. The Balaban J connectivity index is 2.02. The first-order chi connectivity index (χ1) is 9.33. The molecule has 1 aromatic heterocycles. The van der Waals surface area contributed by atoms with Gasteiger partial charge >= 0.3 is 6.01 Å². The summed E-state index contributed by atoms with van der Waals surface area (Å²) in [6.07, 6.45) is 0. The summed E-state index contributed by atoms with van der Waals surface area (Å²) in [5.74, 6) is 0.548. The molecule has 0 spiro atoms. The molecule has 2 rings (SSSR count). The van der Waals surface area contributed by atoms with Crippen LogP contribution in [0.1, 0.15) is 26.7 Å². The van der Waals surface area contributed by atoms with Gasteiger partial charge in [-0.25, -0.2) is 0 Å². The smallest absolute Gasteiger partial charge is 0.320 e. The number of hydrogen-bond donors (Lipinski definition) is 2. The predicted octanol–water partition coefficient (Wildman–Crippen LogP) is 3.96. The van der Waals surface area contributed by atoms with E-state index in [1.165, 1.54) is 0 Å². The molecule has 5 nitrogen and oxygen atoms in total. The zero-order chi connectivity index (χ0) is 14.8. The molecule has 0 unspecified atom stereocenters. The van der Waals surface area contributed by atoms with Gasteiger partial charge in [-0.3, -0.25) is 0 Å². The Labute approximate surface area is 136 Å². The molecular weight excluding hydrogens is 391 g/mol. The maximum atomic E-state index is 5.92. The van der Waals surface area contributed by atoms with Crippen LogP contribution in [0.15, 0.2) is 22.6 Å². The maximum absolute atomic E-state index is 5.92. The maximum Gasteiger partial charge on any atom is 0.320 e. The highest BCUT2D eigenvalue weighted by molar-refractivity contribution is 14.1. The van der Waals surface area contributed by atoms with Crippen molar-refractivity contribution in [2.24, 2.45) is 0 Å². The third kappa shape index (κ3) is 4.60. The van der Waals surface area contributed by atoms with Gasteiger partial charge in [-0.15, -0.1) is 5.10 Å². The fourth-order valence-corrected chi connectivity index (χ4v) is 2.43. The van der Waals surface area contributed by atoms with Crippen LogP contribution < -0.4 is 10.6 Å². The average molecular weight is 407 g/mol. The Morgan fingerprint density at radius 1 is 1.30 bits per heavy atom. The van der Waals surface area contributed by atoms with Crippen molar-refractivity contribution >= 4 is 45.9 Å². The van der Waals surface area contributed by atoms with Crippen LogP contribution in [0.3, 0.4) is 0 Å². The number of anilines is 2.